The van der Waals surface area contributed by atoms with E-state index >= 15 is 0 Å². The maximum absolute atomic E-state index is 13.9. The average molecular weight is 501 g/mol. The van der Waals surface area contributed by atoms with E-state index < -0.39 is 0 Å². The average Bonchev–Trinajstić information content (AvgIpc) is 3.13. The Hall–Kier alpha value is -1.55. The van der Waals surface area contributed by atoms with Crippen LogP contribution in [-0.4, -0.2) is 49.4 Å². The van der Waals surface area contributed by atoms with Gasteiger partial charge in [0.15, 0.2) is 17.6 Å². The first-order valence-corrected chi connectivity index (χ1v) is 9.75. The van der Waals surface area contributed by atoms with Gasteiger partial charge in [-0.3, -0.25) is 4.99 Å². The van der Waals surface area contributed by atoms with Crippen molar-refractivity contribution in [2.24, 2.45) is 4.99 Å². The second-order valence-corrected chi connectivity index (χ2v) is 7.21. The van der Waals surface area contributed by atoms with Crippen molar-refractivity contribution in [3.8, 4) is 0 Å². The molecule has 1 aliphatic heterocycles. The summed E-state index contributed by atoms with van der Waals surface area (Å²) in [4.78, 5) is 11.7. The normalized spacial score (nSPS) is 16.7. The molecule has 2 aromatic rings. The van der Waals surface area contributed by atoms with Crippen molar-refractivity contribution >= 4 is 47.5 Å². The molecule has 27 heavy (non-hydrogen) atoms. The fraction of sp³-hybridized carbons (Fsp3) is 0.368. The molecular formula is C19H25FIN5S. The van der Waals surface area contributed by atoms with Crippen LogP contribution in [0.3, 0.4) is 0 Å². The lowest BCUT2D eigenvalue weighted by atomic mass is 10.3. The lowest BCUT2D eigenvalue weighted by Gasteiger charge is -2.19. The molecule has 1 fully saturated rings. The molecule has 2 heterocycles. The first-order valence-electron chi connectivity index (χ1n) is 8.77. The Morgan fingerprint density at radius 3 is 2.85 bits per heavy atom. The number of guanidine groups is 1. The van der Waals surface area contributed by atoms with Gasteiger partial charge < -0.3 is 15.5 Å². The van der Waals surface area contributed by atoms with Gasteiger partial charge in [0.1, 0.15) is 0 Å². The van der Waals surface area contributed by atoms with E-state index in [0.29, 0.717) is 12.4 Å². The number of nitrogens with zero attached hydrogens (tertiary/aromatic N) is 3. The zero-order valence-corrected chi connectivity index (χ0v) is 18.4. The van der Waals surface area contributed by atoms with Crippen LogP contribution in [-0.2, 0) is 0 Å². The maximum atomic E-state index is 13.9. The Kier molecular flexibility index (Phi) is 9.12. The SMILES string of the molecule is CN=C(NCCSc1ccccc1)NC1CCN(c2ncccc2F)C1.I. The van der Waals surface area contributed by atoms with Crippen molar-refractivity contribution in [3.05, 3.63) is 54.5 Å². The van der Waals surface area contributed by atoms with Gasteiger partial charge in [-0.2, -0.15) is 0 Å². The highest BCUT2D eigenvalue weighted by atomic mass is 127. The zero-order chi connectivity index (χ0) is 18.2. The van der Waals surface area contributed by atoms with E-state index in [4.69, 9.17) is 0 Å². The van der Waals surface area contributed by atoms with Crippen LogP contribution in [0.2, 0.25) is 0 Å². The monoisotopic (exact) mass is 501 g/mol. The topological polar surface area (TPSA) is 52.6 Å². The number of anilines is 1. The van der Waals surface area contributed by atoms with Crippen molar-refractivity contribution in [1.29, 1.82) is 0 Å². The fourth-order valence-electron chi connectivity index (χ4n) is 2.92. The number of nitrogens with one attached hydrogen (secondary N) is 2. The highest BCUT2D eigenvalue weighted by Gasteiger charge is 2.25. The summed E-state index contributed by atoms with van der Waals surface area (Å²) in [6, 6.07) is 13.6. The number of rotatable bonds is 6. The van der Waals surface area contributed by atoms with Crippen LogP contribution in [0.25, 0.3) is 0 Å². The summed E-state index contributed by atoms with van der Waals surface area (Å²) < 4.78 is 13.9. The van der Waals surface area contributed by atoms with Crippen LogP contribution in [0.15, 0.2) is 58.5 Å². The molecule has 2 N–H and O–H groups in total. The van der Waals surface area contributed by atoms with Crippen molar-refractivity contribution in [1.82, 2.24) is 15.6 Å². The van der Waals surface area contributed by atoms with Gasteiger partial charge in [-0.05, 0) is 30.7 Å². The number of halogens is 2. The van der Waals surface area contributed by atoms with E-state index in [1.807, 2.05) is 34.9 Å². The molecule has 1 saturated heterocycles. The number of hydrogen-bond donors (Lipinski definition) is 2. The van der Waals surface area contributed by atoms with Gasteiger partial charge in [-0.25, -0.2) is 9.37 Å². The molecule has 8 heteroatoms. The van der Waals surface area contributed by atoms with E-state index in [9.17, 15) is 4.39 Å². The number of aliphatic imine (C=N–C) groups is 1. The third-order valence-corrected chi connectivity index (χ3v) is 5.21. The number of thioether (sulfide) groups is 1. The molecule has 5 nitrogen and oxygen atoms in total. The summed E-state index contributed by atoms with van der Waals surface area (Å²) >= 11 is 1.81. The van der Waals surface area contributed by atoms with Gasteiger partial charge in [0.25, 0.3) is 0 Å². The highest BCUT2D eigenvalue weighted by Crippen LogP contribution is 2.20. The zero-order valence-electron chi connectivity index (χ0n) is 15.3. The van der Waals surface area contributed by atoms with E-state index in [-0.39, 0.29) is 35.8 Å². The third-order valence-electron chi connectivity index (χ3n) is 4.20. The Bertz CT molecular complexity index is 731. The molecule has 0 spiro atoms. The molecule has 1 atom stereocenters. The summed E-state index contributed by atoms with van der Waals surface area (Å²) in [6.07, 6.45) is 2.56. The minimum atomic E-state index is -0.270. The summed E-state index contributed by atoms with van der Waals surface area (Å²) in [5, 5.41) is 6.76. The predicted octanol–water partition coefficient (Wildman–Crippen LogP) is 3.37. The minimum absolute atomic E-state index is 0. The number of aromatic nitrogens is 1. The molecule has 1 aromatic carbocycles. The van der Waals surface area contributed by atoms with Crippen LogP contribution in [0, 0.1) is 5.82 Å². The standard InChI is InChI=1S/C19H24FN5S.HI/c1-21-19(23-11-13-26-16-6-3-2-4-7-16)24-15-9-12-25(14-15)18-17(20)8-5-10-22-18;/h2-8,10,15H,9,11-14H2,1H3,(H2,21,23,24);1H. The van der Waals surface area contributed by atoms with E-state index in [1.54, 1.807) is 19.3 Å². The molecule has 1 aromatic heterocycles. The second kappa shape index (κ2) is 11.3. The summed E-state index contributed by atoms with van der Waals surface area (Å²) in [7, 11) is 1.77. The largest absolute Gasteiger partial charge is 0.356 e. The first kappa shape index (κ1) is 21.7. The Labute approximate surface area is 181 Å². The second-order valence-electron chi connectivity index (χ2n) is 6.05. The van der Waals surface area contributed by atoms with E-state index in [2.05, 4.69) is 32.7 Å². The molecule has 0 saturated carbocycles. The number of benzene rings is 1. The Balaban J connectivity index is 0.00000261. The van der Waals surface area contributed by atoms with Crippen LogP contribution in [0.1, 0.15) is 6.42 Å². The van der Waals surface area contributed by atoms with E-state index in [1.165, 1.54) is 11.0 Å². The van der Waals surface area contributed by atoms with Crippen LogP contribution >= 0.6 is 35.7 Å². The Morgan fingerprint density at radius 1 is 1.30 bits per heavy atom. The smallest absolute Gasteiger partial charge is 0.191 e. The van der Waals surface area contributed by atoms with Crippen LogP contribution in [0.5, 0.6) is 0 Å². The third kappa shape index (κ3) is 6.53. The molecule has 3 rings (SSSR count). The van der Waals surface area contributed by atoms with Crippen molar-refractivity contribution in [2.75, 3.05) is 37.3 Å². The molecule has 146 valence electrons. The molecule has 0 bridgehead atoms. The summed E-state index contributed by atoms with van der Waals surface area (Å²) in [5.74, 6) is 1.90. The van der Waals surface area contributed by atoms with Gasteiger partial charge in [0.05, 0.1) is 0 Å². The lowest BCUT2D eigenvalue weighted by molar-refractivity contribution is 0.612. The van der Waals surface area contributed by atoms with Gasteiger partial charge in [0.2, 0.25) is 0 Å². The van der Waals surface area contributed by atoms with Gasteiger partial charge in [-0.1, -0.05) is 18.2 Å². The Morgan fingerprint density at radius 2 is 2.11 bits per heavy atom. The number of hydrogen-bond acceptors (Lipinski definition) is 4. The molecular weight excluding hydrogens is 476 g/mol. The van der Waals surface area contributed by atoms with Crippen molar-refractivity contribution < 1.29 is 4.39 Å². The van der Waals surface area contributed by atoms with Gasteiger partial charge >= 0.3 is 0 Å². The fourth-order valence-corrected chi connectivity index (χ4v) is 3.71. The minimum Gasteiger partial charge on any atom is -0.356 e. The quantitative estimate of drug-likeness (QED) is 0.209. The van der Waals surface area contributed by atoms with Crippen LogP contribution < -0.4 is 15.5 Å². The molecule has 0 radical (unpaired) electrons. The first-order chi connectivity index (χ1) is 12.8. The van der Waals surface area contributed by atoms with E-state index in [0.717, 1.165) is 31.2 Å². The summed E-state index contributed by atoms with van der Waals surface area (Å²) in [6.45, 7) is 2.32. The number of pyridine rings is 1. The predicted molar refractivity (Wildman–Crippen MR) is 122 cm³/mol. The molecule has 0 amide bonds. The summed E-state index contributed by atoms with van der Waals surface area (Å²) in [5.41, 5.74) is 0. The molecule has 1 aliphatic rings. The van der Waals surface area contributed by atoms with Crippen molar-refractivity contribution in [3.63, 3.8) is 0 Å². The lowest BCUT2D eigenvalue weighted by Crippen LogP contribution is -2.45. The van der Waals surface area contributed by atoms with Gasteiger partial charge in [0, 0.05) is 49.6 Å². The van der Waals surface area contributed by atoms with Gasteiger partial charge in [-0.15, -0.1) is 35.7 Å². The van der Waals surface area contributed by atoms with Crippen LogP contribution in [0.4, 0.5) is 10.2 Å². The molecule has 0 aliphatic carbocycles. The maximum Gasteiger partial charge on any atom is 0.191 e. The molecule has 1 unspecified atom stereocenters. The highest BCUT2D eigenvalue weighted by molar-refractivity contribution is 14.0. The van der Waals surface area contributed by atoms with Crippen molar-refractivity contribution in [2.45, 2.75) is 17.4 Å².